The Kier molecular flexibility index (Phi) is 5.40. The quantitative estimate of drug-likeness (QED) is 0.657. The molecule has 2 heterocycles. The summed E-state index contributed by atoms with van der Waals surface area (Å²) in [4.78, 5) is 30.8. The molecule has 1 saturated carbocycles. The van der Waals surface area contributed by atoms with Gasteiger partial charge in [-0.15, -0.1) is 11.3 Å². The molecule has 1 aromatic heterocycles. The number of benzene rings is 1. The molecule has 0 radical (unpaired) electrons. The number of aromatic nitrogens is 1. The van der Waals surface area contributed by atoms with Crippen LogP contribution in [0.5, 0.6) is 0 Å². The van der Waals surface area contributed by atoms with E-state index >= 15 is 0 Å². The smallest absolute Gasteiger partial charge is 0.309 e. The number of hydrogen-bond donors (Lipinski definition) is 1. The molecule has 5 rings (SSSR count). The van der Waals surface area contributed by atoms with Crippen LogP contribution in [-0.2, 0) is 30.6 Å². The van der Waals surface area contributed by atoms with Crippen molar-refractivity contribution < 1.29 is 22.7 Å². The number of carbonyl (C=O) groups is 2. The molecule has 1 saturated heterocycles. The van der Waals surface area contributed by atoms with Crippen molar-refractivity contribution in [2.75, 3.05) is 11.1 Å². The summed E-state index contributed by atoms with van der Waals surface area (Å²) >= 11 is 1.42. The van der Waals surface area contributed by atoms with Crippen LogP contribution in [0.1, 0.15) is 50.1 Å². The maximum atomic E-state index is 12.6. The van der Waals surface area contributed by atoms with Crippen LogP contribution in [0.4, 0.5) is 5.13 Å². The number of ether oxygens (including phenoxy) is 1. The Bertz CT molecular complexity index is 1210. The highest BCUT2D eigenvalue weighted by Gasteiger charge is 2.58. The summed E-state index contributed by atoms with van der Waals surface area (Å²) in [6, 6.07) is 7.97. The van der Waals surface area contributed by atoms with E-state index in [1.807, 2.05) is 6.92 Å². The van der Waals surface area contributed by atoms with Crippen LogP contribution in [0.15, 0.2) is 35.2 Å². The van der Waals surface area contributed by atoms with Crippen molar-refractivity contribution in [3.05, 3.63) is 40.9 Å². The number of hydrogen-bond acceptors (Lipinski definition) is 7. The highest BCUT2D eigenvalue weighted by Crippen LogP contribution is 2.59. The number of anilines is 1. The standard InChI is InChI=1S/C24H28N2O5S2/c1-13-16-9-10-24(3)11-17-20(14(2)19(24)21(16)31-22(13)28)26-23(32-17)25-18(27)12-33(29,30)15-7-5-4-6-8-15/h4-8,13-14,16,19,21H,9-12H2,1-3H3,(H,25,26,27)/t13-,14+,16-,19+,21+,24+/m0/s1. The fourth-order valence-electron chi connectivity index (χ4n) is 6.17. The summed E-state index contributed by atoms with van der Waals surface area (Å²) in [5.41, 5.74) is 0.933. The van der Waals surface area contributed by atoms with Gasteiger partial charge in [0.25, 0.3) is 0 Å². The van der Waals surface area contributed by atoms with E-state index in [9.17, 15) is 18.0 Å². The first-order valence-electron chi connectivity index (χ1n) is 11.4. The Morgan fingerprint density at radius 2 is 1.97 bits per heavy atom. The molecule has 0 bridgehead atoms. The lowest BCUT2D eigenvalue weighted by atomic mass is 9.54. The third kappa shape index (κ3) is 3.79. The van der Waals surface area contributed by atoms with Gasteiger partial charge in [-0.1, -0.05) is 39.0 Å². The van der Waals surface area contributed by atoms with Crippen LogP contribution in [0.3, 0.4) is 0 Å². The van der Waals surface area contributed by atoms with Crippen LogP contribution in [0, 0.1) is 23.2 Å². The van der Waals surface area contributed by atoms with Crippen LogP contribution in [-0.4, -0.2) is 37.1 Å². The summed E-state index contributed by atoms with van der Waals surface area (Å²) in [6.45, 7) is 6.37. The SMILES string of the molecule is C[C@@H]1C(=O)O[C@@H]2[C@H]1CC[C@]1(C)Cc3sc(NC(=O)CS(=O)(=O)c4ccccc4)nc3[C@H](C)[C@H]21. The highest BCUT2D eigenvalue weighted by molar-refractivity contribution is 7.92. The lowest BCUT2D eigenvalue weighted by Gasteiger charge is -2.51. The number of nitrogens with one attached hydrogen (secondary N) is 1. The highest BCUT2D eigenvalue weighted by atomic mass is 32.2. The molecule has 1 aromatic carbocycles. The maximum Gasteiger partial charge on any atom is 0.309 e. The van der Waals surface area contributed by atoms with E-state index in [2.05, 4.69) is 19.2 Å². The van der Waals surface area contributed by atoms with Gasteiger partial charge in [0, 0.05) is 22.6 Å². The van der Waals surface area contributed by atoms with Gasteiger partial charge in [0.15, 0.2) is 15.0 Å². The van der Waals surface area contributed by atoms with Crippen molar-refractivity contribution >= 4 is 38.2 Å². The van der Waals surface area contributed by atoms with Gasteiger partial charge in [-0.3, -0.25) is 9.59 Å². The normalized spacial score (nSPS) is 32.9. The van der Waals surface area contributed by atoms with Crippen LogP contribution in [0.25, 0.3) is 0 Å². The van der Waals surface area contributed by atoms with Crippen molar-refractivity contribution in [2.45, 2.75) is 57.0 Å². The lowest BCUT2D eigenvalue weighted by Crippen LogP contribution is -2.50. The first kappa shape index (κ1) is 22.5. The topological polar surface area (TPSA) is 102 Å². The van der Waals surface area contributed by atoms with Gasteiger partial charge in [0.05, 0.1) is 16.5 Å². The molecule has 6 atom stereocenters. The van der Waals surface area contributed by atoms with Crippen LogP contribution >= 0.6 is 11.3 Å². The van der Waals surface area contributed by atoms with E-state index in [4.69, 9.17) is 9.72 Å². The summed E-state index contributed by atoms with van der Waals surface area (Å²) in [7, 11) is -3.72. The molecule has 2 fully saturated rings. The molecule has 0 spiro atoms. The number of thiazole rings is 1. The Morgan fingerprint density at radius 3 is 2.70 bits per heavy atom. The van der Waals surface area contributed by atoms with Crippen molar-refractivity contribution in [3.8, 4) is 0 Å². The van der Waals surface area contributed by atoms with Crippen LogP contribution in [0.2, 0.25) is 0 Å². The van der Waals surface area contributed by atoms with E-state index < -0.39 is 21.5 Å². The molecule has 9 heteroatoms. The van der Waals surface area contributed by atoms with Gasteiger partial charge in [0.1, 0.15) is 11.9 Å². The minimum absolute atomic E-state index is 0.00237. The summed E-state index contributed by atoms with van der Waals surface area (Å²) in [5, 5.41) is 3.13. The summed E-state index contributed by atoms with van der Waals surface area (Å²) in [6.07, 6.45) is 2.73. The molecular weight excluding hydrogens is 460 g/mol. The molecule has 1 N–H and O–H groups in total. The Labute approximate surface area is 197 Å². The summed E-state index contributed by atoms with van der Waals surface area (Å²) in [5.74, 6) is -0.876. The molecule has 33 heavy (non-hydrogen) atoms. The number of rotatable bonds is 4. The zero-order valence-electron chi connectivity index (χ0n) is 18.9. The monoisotopic (exact) mass is 488 g/mol. The van der Waals surface area contributed by atoms with Gasteiger partial charge in [0.2, 0.25) is 5.91 Å². The third-order valence-corrected chi connectivity index (χ3v) is 10.4. The second-order valence-electron chi connectivity index (χ2n) is 9.99. The lowest BCUT2D eigenvalue weighted by molar-refractivity contribution is -0.149. The van der Waals surface area contributed by atoms with Crippen molar-refractivity contribution in [1.82, 2.24) is 4.98 Å². The predicted octanol–water partition coefficient (Wildman–Crippen LogP) is 3.81. The number of sulfone groups is 1. The second kappa shape index (κ2) is 7.91. The van der Waals surface area contributed by atoms with E-state index in [1.54, 1.807) is 18.2 Å². The zero-order valence-corrected chi connectivity index (χ0v) is 20.5. The Morgan fingerprint density at radius 1 is 1.24 bits per heavy atom. The van der Waals surface area contributed by atoms with E-state index in [1.165, 1.54) is 23.5 Å². The fraction of sp³-hybridized carbons (Fsp3) is 0.542. The van der Waals surface area contributed by atoms with Gasteiger partial charge in [-0.05, 0) is 36.8 Å². The number of nitrogens with zero attached hydrogens (tertiary/aromatic N) is 1. The van der Waals surface area contributed by atoms with Gasteiger partial charge in [-0.25, -0.2) is 13.4 Å². The third-order valence-electron chi connectivity index (χ3n) is 7.83. The van der Waals surface area contributed by atoms with E-state index in [0.29, 0.717) is 5.13 Å². The summed E-state index contributed by atoms with van der Waals surface area (Å²) < 4.78 is 30.9. The molecule has 2 aromatic rings. The average Bonchev–Trinajstić information content (AvgIpc) is 3.27. The average molecular weight is 489 g/mol. The number of amides is 1. The molecule has 176 valence electrons. The Hall–Kier alpha value is -2.26. The molecule has 1 aliphatic heterocycles. The fourth-order valence-corrected chi connectivity index (χ4v) is 8.61. The molecule has 2 aliphatic carbocycles. The molecule has 0 unspecified atom stereocenters. The first-order valence-corrected chi connectivity index (χ1v) is 13.8. The molecular formula is C24H28N2O5S2. The number of fused-ring (bicyclic) bond motifs is 4. The van der Waals surface area contributed by atoms with E-state index in [-0.39, 0.29) is 46.1 Å². The number of carbonyl (C=O) groups excluding carboxylic acids is 2. The van der Waals surface area contributed by atoms with Crippen molar-refractivity contribution in [2.24, 2.45) is 23.2 Å². The zero-order chi connectivity index (χ0) is 23.5. The van der Waals surface area contributed by atoms with Gasteiger partial charge < -0.3 is 10.1 Å². The minimum Gasteiger partial charge on any atom is -0.461 e. The molecule has 1 amide bonds. The number of esters is 1. The van der Waals surface area contributed by atoms with Crippen molar-refractivity contribution in [1.29, 1.82) is 0 Å². The van der Waals surface area contributed by atoms with Crippen molar-refractivity contribution in [3.63, 3.8) is 0 Å². The second-order valence-corrected chi connectivity index (χ2v) is 13.1. The molecule has 3 aliphatic rings. The largest absolute Gasteiger partial charge is 0.461 e. The van der Waals surface area contributed by atoms with Crippen LogP contribution < -0.4 is 5.32 Å². The maximum absolute atomic E-state index is 12.6. The van der Waals surface area contributed by atoms with Gasteiger partial charge >= 0.3 is 5.97 Å². The predicted molar refractivity (Wildman–Crippen MR) is 125 cm³/mol. The Balaban J connectivity index is 1.36. The first-order chi connectivity index (χ1) is 15.6. The molecule has 7 nitrogen and oxygen atoms in total. The minimum atomic E-state index is -3.72. The van der Waals surface area contributed by atoms with Gasteiger partial charge in [-0.2, -0.15) is 0 Å². The van der Waals surface area contributed by atoms with E-state index in [0.717, 1.165) is 29.8 Å².